The minimum absolute atomic E-state index is 0.111. The molecule has 1 aliphatic rings. The molecule has 0 unspecified atom stereocenters. The van der Waals surface area contributed by atoms with Gasteiger partial charge in [-0.25, -0.2) is 10.7 Å². The Morgan fingerprint density at radius 3 is 2.30 bits per heavy atom. The summed E-state index contributed by atoms with van der Waals surface area (Å²) < 4.78 is 5.24. The largest absolute Gasteiger partial charge is 0.444 e. The molecule has 0 heterocycles. The highest BCUT2D eigenvalue weighted by Gasteiger charge is 2.31. The quantitative estimate of drug-likeness (QED) is 0.601. The summed E-state index contributed by atoms with van der Waals surface area (Å²) in [6.07, 6.45) is 7.79. The molecule has 3 N–H and O–H groups in total. The predicted molar refractivity (Wildman–Crippen MR) is 79.1 cm³/mol. The molecule has 0 aliphatic heterocycles. The van der Waals surface area contributed by atoms with Crippen LogP contribution in [0.3, 0.4) is 0 Å². The Balaban J connectivity index is 2.40. The van der Waals surface area contributed by atoms with Gasteiger partial charge in [-0.3, -0.25) is 0 Å². The second kappa shape index (κ2) is 7.84. The van der Waals surface area contributed by atoms with E-state index in [1.807, 2.05) is 20.8 Å². The van der Waals surface area contributed by atoms with E-state index in [0.717, 1.165) is 19.3 Å². The minimum Gasteiger partial charge on any atom is -0.444 e. The Morgan fingerprint density at radius 2 is 1.80 bits per heavy atom. The normalized spacial score (nSPS) is 19.2. The third-order valence-electron chi connectivity index (χ3n) is 3.88. The molecule has 1 aliphatic carbocycles. The van der Waals surface area contributed by atoms with Gasteiger partial charge < -0.3 is 14.9 Å². The lowest BCUT2D eigenvalue weighted by Crippen LogP contribution is -2.37. The number of hydrogen-bond acceptors (Lipinski definition) is 4. The third-order valence-corrected chi connectivity index (χ3v) is 3.88. The molecule has 5 heteroatoms. The van der Waals surface area contributed by atoms with Crippen molar-refractivity contribution in [1.29, 1.82) is 0 Å². The molecule has 0 aromatic rings. The van der Waals surface area contributed by atoms with E-state index in [0.29, 0.717) is 13.2 Å². The van der Waals surface area contributed by atoms with Crippen molar-refractivity contribution in [3.63, 3.8) is 0 Å². The van der Waals surface area contributed by atoms with Crippen molar-refractivity contribution in [3.05, 3.63) is 0 Å². The van der Waals surface area contributed by atoms with E-state index in [4.69, 9.17) is 15.5 Å². The third kappa shape index (κ3) is 6.57. The maximum absolute atomic E-state index is 11.6. The zero-order valence-electron chi connectivity index (χ0n) is 13.2. The first-order valence-electron chi connectivity index (χ1n) is 7.65. The van der Waals surface area contributed by atoms with Crippen LogP contribution in [-0.2, 0) is 9.57 Å². The van der Waals surface area contributed by atoms with Gasteiger partial charge in [0.15, 0.2) is 0 Å². The number of hydrogen-bond donors (Lipinski definition) is 2. The highest BCUT2D eigenvalue weighted by atomic mass is 16.6. The van der Waals surface area contributed by atoms with Crippen molar-refractivity contribution in [1.82, 2.24) is 5.32 Å². The Hall–Kier alpha value is -0.810. The van der Waals surface area contributed by atoms with E-state index < -0.39 is 5.60 Å². The summed E-state index contributed by atoms with van der Waals surface area (Å²) in [6, 6.07) is 0. The van der Waals surface area contributed by atoms with Crippen molar-refractivity contribution in [2.75, 3.05) is 13.2 Å². The monoisotopic (exact) mass is 286 g/mol. The van der Waals surface area contributed by atoms with E-state index in [1.165, 1.54) is 25.7 Å². The fourth-order valence-corrected chi connectivity index (χ4v) is 2.87. The molecule has 1 amide bonds. The Kier molecular flexibility index (Phi) is 6.76. The van der Waals surface area contributed by atoms with Crippen molar-refractivity contribution in [2.45, 2.75) is 71.3 Å². The number of nitrogens with one attached hydrogen (secondary N) is 1. The summed E-state index contributed by atoms with van der Waals surface area (Å²) in [5.74, 6) is 5.30. The zero-order valence-corrected chi connectivity index (χ0v) is 13.2. The molecular weight excluding hydrogens is 256 g/mol. The van der Waals surface area contributed by atoms with E-state index in [2.05, 4.69) is 5.32 Å². The molecule has 0 aromatic carbocycles. The highest BCUT2D eigenvalue weighted by molar-refractivity contribution is 5.67. The second-order valence-electron chi connectivity index (χ2n) is 6.90. The molecule has 1 saturated carbocycles. The Morgan fingerprint density at radius 1 is 1.20 bits per heavy atom. The first-order chi connectivity index (χ1) is 9.37. The maximum Gasteiger partial charge on any atom is 0.407 e. The average molecular weight is 286 g/mol. The Bertz CT molecular complexity index is 292. The standard InChI is InChI=1S/C15H30N2O3/c1-14(2,3)20-13(18)17-11-10-15(12-19-16)8-6-4-5-7-9-15/h4-12,16H2,1-3H3,(H,17,18). The molecule has 118 valence electrons. The Labute approximate surface area is 122 Å². The van der Waals surface area contributed by atoms with Gasteiger partial charge in [0, 0.05) is 6.54 Å². The molecule has 0 saturated heterocycles. The van der Waals surface area contributed by atoms with Gasteiger partial charge in [0.25, 0.3) is 0 Å². The molecule has 0 aromatic heterocycles. The van der Waals surface area contributed by atoms with E-state index in [-0.39, 0.29) is 11.5 Å². The molecule has 0 atom stereocenters. The van der Waals surface area contributed by atoms with Crippen LogP contribution in [0, 0.1) is 5.41 Å². The lowest BCUT2D eigenvalue weighted by Gasteiger charge is -2.32. The van der Waals surface area contributed by atoms with E-state index >= 15 is 0 Å². The molecule has 1 fully saturated rings. The molecule has 5 nitrogen and oxygen atoms in total. The van der Waals surface area contributed by atoms with Crippen LogP contribution in [0.4, 0.5) is 4.79 Å². The van der Waals surface area contributed by atoms with Crippen LogP contribution in [-0.4, -0.2) is 24.8 Å². The first kappa shape index (κ1) is 17.2. The number of rotatable bonds is 5. The van der Waals surface area contributed by atoms with Crippen molar-refractivity contribution in [2.24, 2.45) is 11.3 Å². The fourth-order valence-electron chi connectivity index (χ4n) is 2.87. The van der Waals surface area contributed by atoms with Gasteiger partial charge in [0.1, 0.15) is 5.60 Å². The number of carbonyl (C=O) groups excluding carboxylic acids is 1. The molecular formula is C15H30N2O3. The molecule has 0 spiro atoms. The van der Waals surface area contributed by atoms with Crippen LogP contribution in [0.1, 0.15) is 65.7 Å². The number of nitrogens with two attached hydrogens (primary N) is 1. The summed E-state index contributed by atoms with van der Waals surface area (Å²) in [4.78, 5) is 16.6. The first-order valence-corrected chi connectivity index (χ1v) is 7.65. The van der Waals surface area contributed by atoms with Gasteiger partial charge in [-0.15, -0.1) is 0 Å². The minimum atomic E-state index is -0.454. The zero-order chi connectivity index (χ0) is 15.1. The summed E-state index contributed by atoms with van der Waals surface area (Å²) in [7, 11) is 0. The van der Waals surface area contributed by atoms with Gasteiger partial charge >= 0.3 is 6.09 Å². The lowest BCUT2D eigenvalue weighted by atomic mass is 9.78. The van der Waals surface area contributed by atoms with Crippen LogP contribution in [0.2, 0.25) is 0 Å². The molecule has 0 radical (unpaired) electrons. The second-order valence-corrected chi connectivity index (χ2v) is 6.90. The van der Waals surface area contributed by atoms with E-state index in [9.17, 15) is 4.79 Å². The fraction of sp³-hybridized carbons (Fsp3) is 0.933. The van der Waals surface area contributed by atoms with Gasteiger partial charge in [-0.05, 0) is 45.4 Å². The summed E-state index contributed by atoms with van der Waals surface area (Å²) >= 11 is 0. The average Bonchev–Trinajstić information content (AvgIpc) is 2.53. The smallest absolute Gasteiger partial charge is 0.407 e. The summed E-state index contributed by atoms with van der Waals surface area (Å²) in [5.41, 5.74) is -0.343. The number of amides is 1. The van der Waals surface area contributed by atoms with Crippen LogP contribution < -0.4 is 11.2 Å². The molecule has 1 rings (SSSR count). The number of ether oxygens (including phenoxy) is 1. The van der Waals surface area contributed by atoms with Crippen molar-refractivity contribution < 1.29 is 14.4 Å². The van der Waals surface area contributed by atoms with Crippen molar-refractivity contribution in [3.8, 4) is 0 Å². The highest BCUT2D eigenvalue weighted by Crippen LogP contribution is 2.37. The predicted octanol–water partition coefficient (Wildman–Crippen LogP) is 3.13. The maximum atomic E-state index is 11.6. The van der Waals surface area contributed by atoms with Crippen LogP contribution >= 0.6 is 0 Å². The van der Waals surface area contributed by atoms with Gasteiger partial charge in [-0.2, -0.15) is 0 Å². The van der Waals surface area contributed by atoms with Gasteiger partial charge in [0.2, 0.25) is 0 Å². The summed E-state index contributed by atoms with van der Waals surface area (Å²) in [6.45, 7) is 6.77. The topological polar surface area (TPSA) is 73.6 Å². The van der Waals surface area contributed by atoms with Gasteiger partial charge in [-0.1, -0.05) is 25.7 Å². The van der Waals surface area contributed by atoms with E-state index in [1.54, 1.807) is 0 Å². The summed E-state index contributed by atoms with van der Waals surface area (Å²) in [5, 5.41) is 2.83. The van der Waals surface area contributed by atoms with Crippen LogP contribution in [0.15, 0.2) is 0 Å². The number of carbonyl (C=O) groups is 1. The number of alkyl carbamates (subject to hydrolysis) is 1. The van der Waals surface area contributed by atoms with Crippen LogP contribution in [0.25, 0.3) is 0 Å². The van der Waals surface area contributed by atoms with Crippen molar-refractivity contribution >= 4 is 6.09 Å². The van der Waals surface area contributed by atoms with Gasteiger partial charge in [0.05, 0.1) is 6.61 Å². The molecule has 0 bridgehead atoms. The molecule has 20 heavy (non-hydrogen) atoms. The SMILES string of the molecule is CC(C)(C)OC(=O)NCCC1(CON)CCCCCC1. The van der Waals surface area contributed by atoms with Crippen LogP contribution in [0.5, 0.6) is 0 Å². The lowest BCUT2D eigenvalue weighted by molar-refractivity contribution is 0.0250.